The van der Waals surface area contributed by atoms with Crippen LogP contribution in [0.2, 0.25) is 0 Å². The first-order chi connectivity index (χ1) is 11.2. The van der Waals surface area contributed by atoms with Gasteiger partial charge >= 0.3 is 5.97 Å². The molecule has 0 aliphatic rings. The van der Waals surface area contributed by atoms with Crippen LogP contribution in [0, 0.1) is 13.8 Å². The molecule has 0 heterocycles. The van der Waals surface area contributed by atoms with Crippen molar-refractivity contribution in [3.63, 3.8) is 0 Å². The zero-order valence-electron chi connectivity index (χ0n) is 13.9. The van der Waals surface area contributed by atoms with Crippen LogP contribution >= 0.6 is 0 Å². The highest BCUT2D eigenvalue weighted by atomic mass is 32.2. The zero-order chi connectivity index (χ0) is 17.9. The number of nitrogens with zero attached hydrogens (tertiary/aromatic N) is 1. The number of carboxylic acids is 1. The lowest BCUT2D eigenvalue weighted by Gasteiger charge is -2.24. The molecule has 5 nitrogen and oxygen atoms in total. The molecule has 0 aliphatic carbocycles. The molecule has 2 rings (SSSR count). The van der Waals surface area contributed by atoms with Crippen LogP contribution in [-0.4, -0.2) is 36.9 Å². The number of benzene rings is 2. The summed E-state index contributed by atoms with van der Waals surface area (Å²) in [5, 5.41) is 9.52. The van der Waals surface area contributed by atoms with Crippen LogP contribution in [0.3, 0.4) is 0 Å². The fourth-order valence-corrected chi connectivity index (χ4v) is 3.79. The fourth-order valence-electron chi connectivity index (χ4n) is 2.48. The largest absolute Gasteiger partial charge is 0.480 e. The summed E-state index contributed by atoms with van der Waals surface area (Å²) >= 11 is 0. The number of carboxylic acid groups (broad SMARTS) is 1. The van der Waals surface area contributed by atoms with E-state index in [0.717, 1.165) is 21.0 Å². The number of carbonyl (C=O) groups is 1. The zero-order valence-corrected chi connectivity index (χ0v) is 14.7. The number of hydrogen-bond donors (Lipinski definition) is 1. The fraction of sp³-hybridized carbons (Fsp3) is 0.278. The molecule has 24 heavy (non-hydrogen) atoms. The number of hydrogen-bond acceptors (Lipinski definition) is 3. The monoisotopic (exact) mass is 347 g/mol. The molecule has 0 aliphatic heterocycles. The van der Waals surface area contributed by atoms with Gasteiger partial charge in [-0.25, -0.2) is 8.42 Å². The van der Waals surface area contributed by atoms with Crippen LogP contribution in [0.15, 0.2) is 53.4 Å². The Hall–Kier alpha value is -2.18. The van der Waals surface area contributed by atoms with E-state index in [9.17, 15) is 18.3 Å². The van der Waals surface area contributed by atoms with E-state index in [2.05, 4.69) is 0 Å². The summed E-state index contributed by atoms with van der Waals surface area (Å²) < 4.78 is 26.4. The minimum atomic E-state index is -3.88. The van der Waals surface area contributed by atoms with Crippen molar-refractivity contribution in [2.45, 2.75) is 31.2 Å². The number of rotatable bonds is 6. The van der Waals surface area contributed by atoms with E-state index >= 15 is 0 Å². The molecule has 1 atom stereocenters. The number of aryl methyl sites for hydroxylation is 2. The molecular formula is C18H21NO4S. The van der Waals surface area contributed by atoms with Gasteiger partial charge in [-0.1, -0.05) is 47.5 Å². The van der Waals surface area contributed by atoms with Crippen LogP contribution in [0.4, 0.5) is 0 Å². The maximum atomic E-state index is 12.7. The van der Waals surface area contributed by atoms with Gasteiger partial charge in [-0.05, 0) is 38.0 Å². The summed E-state index contributed by atoms with van der Waals surface area (Å²) in [5.41, 5.74) is 2.72. The summed E-state index contributed by atoms with van der Waals surface area (Å²) in [4.78, 5) is 11.7. The Morgan fingerprint density at radius 3 is 2.25 bits per heavy atom. The molecule has 0 spiro atoms. The molecular weight excluding hydrogens is 326 g/mol. The molecule has 0 radical (unpaired) electrons. The molecule has 0 saturated carbocycles. The Labute approximate surface area is 142 Å². The molecule has 1 N–H and O–H groups in total. The van der Waals surface area contributed by atoms with Crippen LogP contribution in [0.1, 0.15) is 16.7 Å². The van der Waals surface area contributed by atoms with Crippen LogP contribution in [-0.2, 0) is 21.2 Å². The lowest BCUT2D eigenvalue weighted by Crippen LogP contribution is -2.43. The second kappa shape index (κ2) is 7.15. The van der Waals surface area contributed by atoms with Crippen molar-refractivity contribution in [3.05, 3.63) is 65.2 Å². The molecule has 0 amide bonds. The van der Waals surface area contributed by atoms with E-state index in [-0.39, 0.29) is 11.3 Å². The summed E-state index contributed by atoms with van der Waals surface area (Å²) in [6.45, 7) is 3.77. The van der Waals surface area contributed by atoms with E-state index in [1.807, 2.05) is 32.0 Å². The second-order valence-corrected chi connectivity index (χ2v) is 7.88. The van der Waals surface area contributed by atoms with Crippen molar-refractivity contribution in [1.29, 1.82) is 0 Å². The Bertz CT molecular complexity index is 828. The van der Waals surface area contributed by atoms with Crippen molar-refractivity contribution < 1.29 is 18.3 Å². The molecule has 2 aromatic carbocycles. The van der Waals surface area contributed by atoms with Crippen LogP contribution in [0.25, 0.3) is 0 Å². The lowest BCUT2D eigenvalue weighted by atomic mass is 10.0. The number of aliphatic carboxylic acids is 1. The molecule has 2 aromatic rings. The third-order valence-corrected chi connectivity index (χ3v) is 5.81. The minimum absolute atomic E-state index is 0.0890. The highest BCUT2D eigenvalue weighted by molar-refractivity contribution is 7.89. The van der Waals surface area contributed by atoms with Gasteiger partial charge in [0.2, 0.25) is 10.0 Å². The average Bonchev–Trinajstić information content (AvgIpc) is 2.52. The van der Waals surface area contributed by atoms with Crippen molar-refractivity contribution in [1.82, 2.24) is 4.31 Å². The standard InChI is InChI=1S/C18H21NO4S/c1-13-7-9-16(10-8-13)24(22,23)19(3)17(18(20)21)12-15-6-4-5-14(2)11-15/h4-11,17H,12H2,1-3H3,(H,20,21)/t17-/m0/s1. The number of likely N-dealkylation sites (N-methyl/N-ethyl adjacent to an activating group) is 1. The Kier molecular flexibility index (Phi) is 5.41. The molecule has 6 heteroatoms. The minimum Gasteiger partial charge on any atom is -0.480 e. The maximum Gasteiger partial charge on any atom is 0.322 e. The van der Waals surface area contributed by atoms with E-state index in [1.165, 1.54) is 19.2 Å². The predicted molar refractivity (Wildman–Crippen MR) is 92.4 cm³/mol. The average molecular weight is 347 g/mol. The Morgan fingerprint density at radius 1 is 1.08 bits per heavy atom. The molecule has 0 saturated heterocycles. The predicted octanol–water partition coefficient (Wildman–Crippen LogP) is 2.62. The van der Waals surface area contributed by atoms with Gasteiger partial charge < -0.3 is 5.11 Å². The van der Waals surface area contributed by atoms with Crippen LogP contribution < -0.4 is 0 Å². The Morgan fingerprint density at radius 2 is 1.71 bits per heavy atom. The number of sulfonamides is 1. The summed E-state index contributed by atoms with van der Waals surface area (Å²) in [6, 6.07) is 12.6. The van der Waals surface area contributed by atoms with Gasteiger partial charge in [0.15, 0.2) is 0 Å². The van der Waals surface area contributed by atoms with Crippen molar-refractivity contribution in [3.8, 4) is 0 Å². The summed E-state index contributed by atoms with van der Waals surface area (Å²) in [7, 11) is -2.57. The molecule has 0 bridgehead atoms. The van der Waals surface area contributed by atoms with Crippen molar-refractivity contribution >= 4 is 16.0 Å². The third-order valence-electron chi connectivity index (χ3n) is 3.93. The first-order valence-corrected chi connectivity index (χ1v) is 8.99. The highest BCUT2D eigenvalue weighted by Gasteiger charge is 2.32. The summed E-state index contributed by atoms with van der Waals surface area (Å²) in [6.07, 6.45) is 0.110. The maximum absolute atomic E-state index is 12.7. The second-order valence-electron chi connectivity index (χ2n) is 5.88. The Balaban J connectivity index is 2.33. The molecule has 0 fully saturated rings. The van der Waals surface area contributed by atoms with Crippen molar-refractivity contribution in [2.75, 3.05) is 7.05 Å². The van der Waals surface area contributed by atoms with Gasteiger partial charge in [-0.15, -0.1) is 0 Å². The van der Waals surface area contributed by atoms with Crippen molar-refractivity contribution in [2.24, 2.45) is 0 Å². The lowest BCUT2D eigenvalue weighted by molar-refractivity contribution is -0.141. The third kappa shape index (κ3) is 4.01. The first kappa shape index (κ1) is 18.2. The van der Waals surface area contributed by atoms with E-state index in [0.29, 0.717) is 0 Å². The van der Waals surface area contributed by atoms with E-state index in [1.54, 1.807) is 18.2 Å². The van der Waals surface area contributed by atoms with Gasteiger partial charge in [-0.2, -0.15) is 4.31 Å². The molecule has 128 valence electrons. The van der Waals surface area contributed by atoms with Gasteiger partial charge in [0.1, 0.15) is 6.04 Å². The van der Waals surface area contributed by atoms with Gasteiger partial charge in [0.05, 0.1) is 4.90 Å². The van der Waals surface area contributed by atoms with Gasteiger partial charge in [0, 0.05) is 7.05 Å². The highest BCUT2D eigenvalue weighted by Crippen LogP contribution is 2.20. The van der Waals surface area contributed by atoms with Gasteiger partial charge in [0.25, 0.3) is 0 Å². The van der Waals surface area contributed by atoms with E-state index < -0.39 is 22.0 Å². The topological polar surface area (TPSA) is 74.7 Å². The molecule has 0 unspecified atom stereocenters. The SMILES string of the molecule is Cc1ccc(S(=O)(=O)N(C)[C@@H](Cc2cccc(C)c2)C(=O)O)cc1. The van der Waals surface area contributed by atoms with E-state index in [4.69, 9.17) is 0 Å². The smallest absolute Gasteiger partial charge is 0.322 e. The van der Waals surface area contributed by atoms with Crippen LogP contribution in [0.5, 0.6) is 0 Å². The normalized spacial score (nSPS) is 13.0. The quantitative estimate of drug-likeness (QED) is 0.872. The summed E-state index contributed by atoms with van der Waals surface area (Å²) in [5.74, 6) is -1.17. The first-order valence-electron chi connectivity index (χ1n) is 7.55. The van der Waals surface area contributed by atoms with Gasteiger partial charge in [-0.3, -0.25) is 4.79 Å². The molecule has 0 aromatic heterocycles.